The van der Waals surface area contributed by atoms with Crippen molar-refractivity contribution in [3.63, 3.8) is 0 Å². The van der Waals surface area contributed by atoms with Crippen molar-refractivity contribution < 1.29 is 23.9 Å². The average Bonchev–Trinajstić information content (AvgIpc) is 2.78. The summed E-state index contributed by atoms with van der Waals surface area (Å²) < 4.78 is 10.7. The van der Waals surface area contributed by atoms with Crippen LogP contribution in [0.2, 0.25) is 0 Å². The molecule has 7 nitrogen and oxygen atoms in total. The zero-order valence-corrected chi connectivity index (χ0v) is 19.6. The number of piperidine rings is 1. The average molecular weight is 503 g/mol. The van der Waals surface area contributed by atoms with Gasteiger partial charge in [0.25, 0.3) is 5.91 Å². The Labute approximate surface area is 196 Å². The summed E-state index contributed by atoms with van der Waals surface area (Å²) in [5.74, 6) is 0.639. The summed E-state index contributed by atoms with van der Waals surface area (Å²) in [7, 11) is 0. The second-order valence-corrected chi connectivity index (χ2v) is 8.57. The minimum atomic E-state index is -0.766. The molecule has 2 aromatic rings. The third-order valence-corrected chi connectivity index (χ3v) is 5.80. The highest BCUT2D eigenvalue weighted by atomic mass is 79.9. The first-order valence-corrected chi connectivity index (χ1v) is 11.5. The second-order valence-electron chi connectivity index (χ2n) is 7.66. The van der Waals surface area contributed by atoms with E-state index in [1.807, 2.05) is 29.2 Å². The first kappa shape index (κ1) is 23.8. The zero-order valence-electron chi connectivity index (χ0n) is 18.0. The summed E-state index contributed by atoms with van der Waals surface area (Å²) in [5.41, 5.74) is 1.51. The molecule has 0 aromatic heterocycles. The Morgan fingerprint density at radius 1 is 1.09 bits per heavy atom. The van der Waals surface area contributed by atoms with Crippen LogP contribution in [0.3, 0.4) is 0 Å². The van der Waals surface area contributed by atoms with E-state index in [2.05, 4.69) is 21.2 Å². The number of nitrogens with one attached hydrogen (secondary N) is 1. The molecule has 1 aliphatic heterocycles. The van der Waals surface area contributed by atoms with E-state index in [4.69, 9.17) is 9.47 Å². The van der Waals surface area contributed by atoms with Crippen molar-refractivity contribution in [3.05, 3.63) is 64.1 Å². The van der Waals surface area contributed by atoms with Gasteiger partial charge in [-0.25, -0.2) is 4.79 Å². The maximum absolute atomic E-state index is 12.8. The molecule has 170 valence electrons. The standard InChI is InChI=1S/C24H27BrN2O5/c1-2-31-24(30)32-21-8-6-19(7-9-21)23(29)27-12-10-17(11-13-27)16-26-22(28)15-18-4-3-5-20(25)14-18/h3-9,14,17H,2,10-13,15-16H2,1H3,(H,26,28). The van der Waals surface area contributed by atoms with Crippen molar-refractivity contribution in [3.8, 4) is 5.75 Å². The summed E-state index contributed by atoms with van der Waals surface area (Å²) in [5, 5.41) is 3.02. The largest absolute Gasteiger partial charge is 0.513 e. The van der Waals surface area contributed by atoms with Crippen LogP contribution in [0.1, 0.15) is 35.7 Å². The molecule has 1 fully saturated rings. The van der Waals surface area contributed by atoms with Crippen molar-refractivity contribution in [1.29, 1.82) is 0 Å². The number of benzene rings is 2. The number of likely N-dealkylation sites (tertiary alicyclic amines) is 1. The number of ether oxygens (including phenoxy) is 2. The zero-order chi connectivity index (χ0) is 22.9. The monoisotopic (exact) mass is 502 g/mol. The van der Waals surface area contributed by atoms with Crippen LogP contribution in [0.25, 0.3) is 0 Å². The third kappa shape index (κ3) is 7.09. The first-order chi connectivity index (χ1) is 15.4. The van der Waals surface area contributed by atoms with Gasteiger partial charge in [-0.2, -0.15) is 0 Å². The lowest BCUT2D eigenvalue weighted by Gasteiger charge is -2.32. The molecular weight excluding hydrogens is 476 g/mol. The van der Waals surface area contributed by atoms with E-state index in [1.165, 1.54) is 0 Å². The summed E-state index contributed by atoms with van der Waals surface area (Å²) in [6.07, 6.45) is 1.27. The molecule has 3 rings (SSSR count). The molecule has 1 heterocycles. The Morgan fingerprint density at radius 2 is 1.81 bits per heavy atom. The lowest BCUT2D eigenvalue weighted by Crippen LogP contribution is -2.41. The lowest BCUT2D eigenvalue weighted by molar-refractivity contribution is -0.120. The van der Waals surface area contributed by atoms with Crippen LogP contribution in [-0.4, -0.2) is 49.1 Å². The van der Waals surface area contributed by atoms with Gasteiger partial charge in [0, 0.05) is 29.7 Å². The van der Waals surface area contributed by atoms with Crippen molar-refractivity contribution in [2.24, 2.45) is 5.92 Å². The molecule has 2 aromatic carbocycles. The van der Waals surface area contributed by atoms with Crippen molar-refractivity contribution >= 4 is 33.9 Å². The van der Waals surface area contributed by atoms with Crippen LogP contribution in [0.15, 0.2) is 53.0 Å². The third-order valence-electron chi connectivity index (χ3n) is 5.31. The SMILES string of the molecule is CCOC(=O)Oc1ccc(C(=O)N2CCC(CNC(=O)Cc3cccc(Br)c3)CC2)cc1. The van der Waals surface area contributed by atoms with Crippen LogP contribution in [0.5, 0.6) is 5.75 Å². The van der Waals surface area contributed by atoms with E-state index >= 15 is 0 Å². The smallest absolute Gasteiger partial charge is 0.434 e. The van der Waals surface area contributed by atoms with Gasteiger partial charge in [0.2, 0.25) is 5.91 Å². The van der Waals surface area contributed by atoms with E-state index in [0.29, 0.717) is 43.3 Å². The Balaban J connectivity index is 1.41. The molecule has 1 saturated heterocycles. The van der Waals surface area contributed by atoms with Crippen LogP contribution in [-0.2, 0) is 16.0 Å². The summed E-state index contributed by atoms with van der Waals surface area (Å²) in [4.78, 5) is 38.2. The van der Waals surface area contributed by atoms with E-state index in [-0.39, 0.29) is 18.4 Å². The molecule has 32 heavy (non-hydrogen) atoms. The molecule has 0 saturated carbocycles. The van der Waals surface area contributed by atoms with Crippen molar-refractivity contribution in [2.75, 3.05) is 26.2 Å². The highest BCUT2D eigenvalue weighted by Crippen LogP contribution is 2.20. The van der Waals surface area contributed by atoms with Crippen LogP contribution in [0, 0.1) is 5.92 Å². The molecule has 0 aliphatic carbocycles. The predicted molar refractivity (Wildman–Crippen MR) is 124 cm³/mol. The molecule has 0 atom stereocenters. The molecule has 1 N–H and O–H groups in total. The Morgan fingerprint density at radius 3 is 2.47 bits per heavy atom. The summed E-state index contributed by atoms with van der Waals surface area (Å²) in [6, 6.07) is 14.2. The second kappa shape index (κ2) is 11.7. The Kier molecular flexibility index (Phi) is 8.67. The van der Waals surface area contributed by atoms with Gasteiger partial charge in [0.05, 0.1) is 13.0 Å². The molecule has 0 radical (unpaired) electrons. The number of carbonyl (C=O) groups is 3. The Hall–Kier alpha value is -2.87. The lowest BCUT2D eigenvalue weighted by atomic mass is 9.96. The predicted octanol–water partition coefficient (Wildman–Crippen LogP) is 4.20. The quantitative estimate of drug-likeness (QED) is 0.453. The number of halogens is 1. The summed E-state index contributed by atoms with van der Waals surface area (Å²) >= 11 is 3.42. The van der Waals surface area contributed by atoms with Crippen LogP contribution >= 0.6 is 15.9 Å². The first-order valence-electron chi connectivity index (χ1n) is 10.7. The minimum absolute atomic E-state index is 0.00623. The van der Waals surface area contributed by atoms with Gasteiger partial charge in [0.1, 0.15) is 5.75 Å². The molecule has 0 bridgehead atoms. The fourth-order valence-corrected chi connectivity index (χ4v) is 4.03. The van der Waals surface area contributed by atoms with Gasteiger partial charge >= 0.3 is 6.16 Å². The topological polar surface area (TPSA) is 84.9 Å². The van der Waals surface area contributed by atoms with Gasteiger partial charge in [-0.15, -0.1) is 0 Å². The number of hydrogen-bond acceptors (Lipinski definition) is 5. The molecule has 0 unspecified atom stereocenters. The Bertz CT molecular complexity index is 940. The molecular formula is C24H27BrN2O5. The van der Waals surface area contributed by atoms with E-state index in [0.717, 1.165) is 22.9 Å². The minimum Gasteiger partial charge on any atom is -0.434 e. The van der Waals surface area contributed by atoms with Crippen molar-refractivity contribution in [2.45, 2.75) is 26.2 Å². The van der Waals surface area contributed by atoms with Crippen LogP contribution in [0.4, 0.5) is 4.79 Å². The normalized spacial score (nSPS) is 14.0. The van der Waals surface area contributed by atoms with Gasteiger partial charge in [0.15, 0.2) is 0 Å². The number of carbonyl (C=O) groups excluding carboxylic acids is 3. The van der Waals surface area contributed by atoms with Gasteiger partial charge in [-0.3, -0.25) is 9.59 Å². The fourth-order valence-electron chi connectivity index (χ4n) is 3.58. The van der Waals surface area contributed by atoms with Gasteiger partial charge < -0.3 is 19.7 Å². The van der Waals surface area contributed by atoms with E-state index in [1.54, 1.807) is 31.2 Å². The van der Waals surface area contributed by atoms with Crippen LogP contribution < -0.4 is 10.1 Å². The summed E-state index contributed by atoms with van der Waals surface area (Å²) in [6.45, 7) is 3.84. The van der Waals surface area contributed by atoms with E-state index < -0.39 is 6.16 Å². The maximum atomic E-state index is 12.8. The van der Waals surface area contributed by atoms with Gasteiger partial charge in [-0.05, 0) is 67.6 Å². The molecule has 0 spiro atoms. The molecule has 1 aliphatic rings. The van der Waals surface area contributed by atoms with E-state index in [9.17, 15) is 14.4 Å². The van der Waals surface area contributed by atoms with Gasteiger partial charge in [-0.1, -0.05) is 28.1 Å². The maximum Gasteiger partial charge on any atom is 0.513 e. The fraction of sp³-hybridized carbons (Fsp3) is 0.375. The number of rotatable bonds is 7. The highest BCUT2D eigenvalue weighted by molar-refractivity contribution is 9.10. The molecule has 2 amide bonds. The number of hydrogen-bond donors (Lipinski definition) is 1. The number of amides is 2. The number of nitrogens with zero attached hydrogens (tertiary/aromatic N) is 1. The molecule has 8 heteroatoms. The van der Waals surface area contributed by atoms with Crippen molar-refractivity contribution in [1.82, 2.24) is 10.2 Å². The highest BCUT2D eigenvalue weighted by Gasteiger charge is 2.24.